The molecule has 3 saturated heterocycles. The lowest BCUT2D eigenvalue weighted by Crippen LogP contribution is -2.55. The Hall–Kier alpha value is -2.54. The summed E-state index contributed by atoms with van der Waals surface area (Å²) in [4.78, 5) is 7.05. The second-order valence-electron chi connectivity index (χ2n) is 8.95. The van der Waals surface area contributed by atoms with Gasteiger partial charge in [0.1, 0.15) is 6.10 Å². The molecule has 5 atom stereocenters. The number of para-hydroxylation sites is 1. The van der Waals surface area contributed by atoms with E-state index in [9.17, 15) is 8.42 Å². The molecule has 3 aliphatic heterocycles. The van der Waals surface area contributed by atoms with Gasteiger partial charge in [0, 0.05) is 24.2 Å². The summed E-state index contributed by atoms with van der Waals surface area (Å²) in [5, 5.41) is 0.932. The van der Waals surface area contributed by atoms with Crippen LogP contribution < -0.4 is 0 Å². The van der Waals surface area contributed by atoms with Crippen molar-refractivity contribution in [2.24, 2.45) is 11.8 Å². The molecule has 2 aromatic carbocycles. The molecule has 0 saturated carbocycles. The molecule has 0 spiro atoms. The minimum Gasteiger partial charge on any atom is -0.297 e. The van der Waals surface area contributed by atoms with E-state index in [1.54, 1.807) is 30.5 Å². The molecule has 1 unspecified atom stereocenters. The van der Waals surface area contributed by atoms with E-state index in [2.05, 4.69) is 16.5 Å². The van der Waals surface area contributed by atoms with Gasteiger partial charge in [0.25, 0.3) is 10.1 Å². The van der Waals surface area contributed by atoms with Crippen LogP contribution in [0.3, 0.4) is 0 Å². The standard InChI is InChI=1S/C26H28N2O3S/c1-3-19-17-28-15-13-20(19)16-25(28)26(23-12-14-27-24-7-5-4-6-22(23)24)31-32(29,30)21-10-8-18(2)9-11-21/h3-12,14,19-20,25-26H,1,13,15-17H2,2H3/t19-,20-,25-,26+/m0/s1. The molecule has 2 bridgehead atoms. The summed E-state index contributed by atoms with van der Waals surface area (Å²) < 4.78 is 32.8. The lowest BCUT2D eigenvalue weighted by atomic mass is 9.73. The van der Waals surface area contributed by atoms with Gasteiger partial charge >= 0.3 is 0 Å². The smallest absolute Gasteiger partial charge is 0.297 e. The van der Waals surface area contributed by atoms with Crippen molar-refractivity contribution in [1.29, 1.82) is 0 Å². The summed E-state index contributed by atoms with van der Waals surface area (Å²) in [5.41, 5.74) is 2.72. The molecule has 0 amide bonds. The predicted molar refractivity (Wildman–Crippen MR) is 126 cm³/mol. The lowest BCUT2D eigenvalue weighted by Gasteiger charge is -2.51. The molecule has 3 fully saturated rings. The van der Waals surface area contributed by atoms with E-state index >= 15 is 0 Å². The van der Waals surface area contributed by atoms with Crippen molar-refractivity contribution < 1.29 is 12.6 Å². The van der Waals surface area contributed by atoms with Crippen LogP contribution in [0.25, 0.3) is 10.9 Å². The number of pyridine rings is 1. The first-order valence-corrected chi connectivity index (χ1v) is 12.6. The molecule has 3 aromatic rings. The minimum atomic E-state index is -3.95. The van der Waals surface area contributed by atoms with E-state index in [4.69, 9.17) is 4.18 Å². The lowest BCUT2D eigenvalue weighted by molar-refractivity contribution is -0.0338. The zero-order valence-corrected chi connectivity index (χ0v) is 19.0. The average molecular weight is 449 g/mol. The maximum absolute atomic E-state index is 13.4. The van der Waals surface area contributed by atoms with Crippen molar-refractivity contribution in [3.8, 4) is 0 Å². The van der Waals surface area contributed by atoms with Crippen molar-refractivity contribution in [1.82, 2.24) is 9.88 Å². The molecule has 4 heterocycles. The van der Waals surface area contributed by atoms with Crippen molar-refractivity contribution in [3.05, 3.63) is 84.6 Å². The number of rotatable bonds is 6. The number of piperidine rings is 3. The maximum atomic E-state index is 13.4. The molecule has 32 heavy (non-hydrogen) atoms. The Morgan fingerprint density at radius 1 is 1.16 bits per heavy atom. The van der Waals surface area contributed by atoms with E-state index in [1.165, 1.54) is 0 Å². The second kappa shape index (κ2) is 8.43. The Kier molecular flexibility index (Phi) is 5.61. The van der Waals surface area contributed by atoms with Gasteiger partial charge in [-0.3, -0.25) is 14.1 Å². The van der Waals surface area contributed by atoms with E-state index in [-0.39, 0.29) is 10.9 Å². The van der Waals surface area contributed by atoms with Crippen molar-refractivity contribution in [2.75, 3.05) is 13.1 Å². The van der Waals surface area contributed by atoms with Gasteiger partial charge in [0.05, 0.1) is 10.4 Å². The number of aromatic nitrogens is 1. The van der Waals surface area contributed by atoms with Crippen LogP contribution >= 0.6 is 0 Å². The summed E-state index contributed by atoms with van der Waals surface area (Å²) >= 11 is 0. The third kappa shape index (κ3) is 3.87. The third-order valence-corrected chi connectivity index (χ3v) is 8.34. The maximum Gasteiger partial charge on any atom is 0.297 e. The summed E-state index contributed by atoms with van der Waals surface area (Å²) in [6.07, 6.45) is 5.19. The zero-order chi connectivity index (χ0) is 22.3. The Balaban J connectivity index is 1.58. The van der Waals surface area contributed by atoms with Crippen LogP contribution in [0.1, 0.15) is 30.1 Å². The van der Waals surface area contributed by atoms with Gasteiger partial charge in [-0.15, -0.1) is 6.58 Å². The van der Waals surface area contributed by atoms with Crippen LogP contribution in [0.15, 0.2) is 78.3 Å². The summed E-state index contributed by atoms with van der Waals surface area (Å²) in [5.74, 6) is 0.951. The van der Waals surface area contributed by atoms with Gasteiger partial charge < -0.3 is 0 Å². The number of benzene rings is 2. The molecule has 6 heteroatoms. The Labute approximate surface area is 189 Å². The molecule has 166 valence electrons. The Morgan fingerprint density at radius 3 is 2.66 bits per heavy atom. The fourth-order valence-electron chi connectivity index (χ4n) is 5.28. The average Bonchev–Trinajstić information content (AvgIpc) is 2.82. The van der Waals surface area contributed by atoms with E-state index in [0.29, 0.717) is 11.8 Å². The highest BCUT2D eigenvalue weighted by Gasteiger charge is 2.44. The normalized spacial score (nSPS) is 26.2. The van der Waals surface area contributed by atoms with E-state index in [0.717, 1.165) is 48.0 Å². The highest BCUT2D eigenvalue weighted by Crippen LogP contribution is 2.44. The zero-order valence-electron chi connectivity index (χ0n) is 18.2. The number of hydrogen-bond donors (Lipinski definition) is 0. The molecule has 5 nitrogen and oxygen atoms in total. The van der Waals surface area contributed by atoms with Crippen molar-refractivity contribution in [2.45, 2.75) is 36.8 Å². The molecule has 3 aliphatic rings. The van der Waals surface area contributed by atoms with Crippen LogP contribution in [-0.4, -0.2) is 37.4 Å². The topological polar surface area (TPSA) is 59.5 Å². The highest BCUT2D eigenvalue weighted by molar-refractivity contribution is 7.86. The second-order valence-corrected chi connectivity index (χ2v) is 10.5. The van der Waals surface area contributed by atoms with Crippen LogP contribution in [-0.2, 0) is 14.3 Å². The van der Waals surface area contributed by atoms with Gasteiger partial charge in [-0.25, -0.2) is 0 Å². The molecule has 6 rings (SSSR count). The van der Waals surface area contributed by atoms with Crippen molar-refractivity contribution in [3.63, 3.8) is 0 Å². The highest BCUT2D eigenvalue weighted by atomic mass is 32.2. The Morgan fingerprint density at radius 2 is 1.94 bits per heavy atom. The first kappa shape index (κ1) is 21.3. The molecule has 1 aromatic heterocycles. The molecule has 0 N–H and O–H groups in total. The number of aryl methyl sites for hydroxylation is 1. The molecular formula is C26H28N2O3S. The summed E-state index contributed by atoms with van der Waals surface area (Å²) in [6, 6.07) is 16.6. The van der Waals surface area contributed by atoms with Gasteiger partial charge in [-0.05, 0) is 68.0 Å². The minimum absolute atomic E-state index is 0.0176. The number of fused-ring (bicyclic) bond motifs is 4. The first-order valence-electron chi connectivity index (χ1n) is 11.2. The fourth-order valence-corrected chi connectivity index (χ4v) is 6.36. The quantitative estimate of drug-likeness (QED) is 0.397. The fraction of sp³-hybridized carbons (Fsp3) is 0.346. The van der Waals surface area contributed by atoms with E-state index < -0.39 is 16.2 Å². The predicted octanol–water partition coefficient (Wildman–Crippen LogP) is 4.89. The van der Waals surface area contributed by atoms with Crippen LogP contribution in [0.4, 0.5) is 0 Å². The SMILES string of the molecule is C=C[C@H]1CN2CC[C@H]1C[C@H]2[C@H](OS(=O)(=O)c1ccc(C)cc1)c1ccnc2ccccc12. The summed E-state index contributed by atoms with van der Waals surface area (Å²) in [6.45, 7) is 7.80. The first-order chi connectivity index (χ1) is 15.5. The van der Waals surface area contributed by atoms with Gasteiger partial charge in [0.15, 0.2) is 0 Å². The van der Waals surface area contributed by atoms with E-state index in [1.807, 2.05) is 43.3 Å². The number of nitrogens with zero attached hydrogens (tertiary/aromatic N) is 2. The van der Waals surface area contributed by atoms with Crippen LogP contribution in [0.5, 0.6) is 0 Å². The number of hydrogen-bond acceptors (Lipinski definition) is 5. The van der Waals surface area contributed by atoms with Crippen molar-refractivity contribution >= 4 is 21.0 Å². The van der Waals surface area contributed by atoms with Gasteiger partial charge in [0.2, 0.25) is 0 Å². The van der Waals surface area contributed by atoms with Crippen LogP contribution in [0, 0.1) is 18.8 Å². The molecule has 0 radical (unpaired) electrons. The largest absolute Gasteiger partial charge is 0.297 e. The summed E-state index contributed by atoms with van der Waals surface area (Å²) in [7, 11) is -3.95. The molecule has 0 aliphatic carbocycles. The monoisotopic (exact) mass is 448 g/mol. The van der Waals surface area contributed by atoms with Gasteiger partial charge in [-0.1, -0.05) is 42.0 Å². The molecular weight excluding hydrogens is 420 g/mol. The Bertz CT molecular complexity index is 1230. The third-order valence-electron chi connectivity index (χ3n) is 7.03. The van der Waals surface area contributed by atoms with Crippen LogP contribution in [0.2, 0.25) is 0 Å². The van der Waals surface area contributed by atoms with Gasteiger partial charge in [-0.2, -0.15) is 8.42 Å².